The summed E-state index contributed by atoms with van der Waals surface area (Å²) in [5.74, 6) is -0.627. The summed E-state index contributed by atoms with van der Waals surface area (Å²) >= 11 is 12.0. The summed E-state index contributed by atoms with van der Waals surface area (Å²) in [4.78, 5) is -0.252. The van der Waals surface area contributed by atoms with Crippen molar-refractivity contribution in [3.8, 4) is 0 Å². The molecule has 0 radical (unpaired) electrons. The molecule has 2 aromatic rings. The highest BCUT2D eigenvalue weighted by Gasteiger charge is 2.21. The first-order valence-corrected chi connectivity index (χ1v) is 7.99. The number of nitrogens with two attached hydrogens (primary N) is 1. The van der Waals surface area contributed by atoms with E-state index < -0.39 is 15.8 Å². The first-order chi connectivity index (χ1) is 9.72. The quantitative estimate of drug-likeness (QED) is 0.828. The molecule has 0 fully saturated rings. The van der Waals surface area contributed by atoms with E-state index in [4.69, 9.17) is 28.9 Å². The number of sulfonamides is 1. The zero-order chi connectivity index (χ0) is 15.8. The zero-order valence-electron chi connectivity index (χ0n) is 10.8. The summed E-state index contributed by atoms with van der Waals surface area (Å²) in [6.45, 7) is 1.71. The van der Waals surface area contributed by atoms with Crippen LogP contribution in [0.5, 0.6) is 0 Å². The minimum Gasteiger partial charge on any atom is -0.398 e. The molecule has 2 rings (SSSR count). The summed E-state index contributed by atoms with van der Waals surface area (Å²) in [6, 6.07) is 6.19. The normalized spacial score (nSPS) is 11.4. The number of hydrogen-bond acceptors (Lipinski definition) is 3. The van der Waals surface area contributed by atoms with Gasteiger partial charge in [-0.3, -0.25) is 4.72 Å². The third kappa shape index (κ3) is 3.23. The van der Waals surface area contributed by atoms with Crippen LogP contribution < -0.4 is 10.5 Å². The van der Waals surface area contributed by atoms with E-state index in [9.17, 15) is 12.8 Å². The molecule has 0 aliphatic heterocycles. The number of rotatable bonds is 3. The Morgan fingerprint density at radius 1 is 1.19 bits per heavy atom. The molecule has 0 atom stereocenters. The van der Waals surface area contributed by atoms with Crippen LogP contribution in [0.3, 0.4) is 0 Å². The van der Waals surface area contributed by atoms with Gasteiger partial charge in [-0.25, -0.2) is 12.8 Å². The number of aryl methyl sites for hydroxylation is 1. The van der Waals surface area contributed by atoms with Crippen molar-refractivity contribution in [2.24, 2.45) is 0 Å². The van der Waals surface area contributed by atoms with Gasteiger partial charge in [-0.1, -0.05) is 29.3 Å². The molecule has 0 spiro atoms. The molecular formula is C13H11Cl2FN2O2S. The lowest BCUT2D eigenvalue weighted by atomic mass is 10.2. The van der Waals surface area contributed by atoms with Crippen molar-refractivity contribution in [3.63, 3.8) is 0 Å². The fraction of sp³-hybridized carbons (Fsp3) is 0.0769. The Kier molecular flexibility index (Phi) is 4.32. The molecule has 0 aliphatic carbocycles. The fourth-order valence-corrected chi connectivity index (χ4v) is 3.49. The molecule has 4 nitrogen and oxygen atoms in total. The Labute approximate surface area is 131 Å². The maximum absolute atomic E-state index is 13.0. The molecule has 0 bridgehead atoms. The van der Waals surface area contributed by atoms with Gasteiger partial charge in [0.15, 0.2) is 0 Å². The number of nitrogens with one attached hydrogen (secondary N) is 1. The first kappa shape index (κ1) is 15.9. The number of halogens is 3. The Bertz CT molecular complexity index is 810. The molecule has 0 unspecified atom stereocenters. The van der Waals surface area contributed by atoms with E-state index in [0.29, 0.717) is 5.56 Å². The highest BCUT2D eigenvalue weighted by Crippen LogP contribution is 2.35. The maximum Gasteiger partial charge on any atom is 0.264 e. The molecule has 3 N–H and O–H groups in total. The van der Waals surface area contributed by atoms with Crippen LogP contribution in [0.15, 0.2) is 35.2 Å². The average Bonchev–Trinajstić information content (AvgIpc) is 2.39. The van der Waals surface area contributed by atoms with Crippen LogP contribution in [0.25, 0.3) is 0 Å². The fourth-order valence-electron chi connectivity index (χ4n) is 1.70. The Hall–Kier alpha value is -1.50. The largest absolute Gasteiger partial charge is 0.398 e. The smallest absolute Gasteiger partial charge is 0.264 e. The van der Waals surface area contributed by atoms with Gasteiger partial charge in [0.25, 0.3) is 10.0 Å². The molecule has 0 saturated heterocycles. The molecule has 0 saturated carbocycles. The average molecular weight is 349 g/mol. The van der Waals surface area contributed by atoms with Crippen LogP contribution in [0, 0.1) is 12.7 Å². The predicted octanol–water partition coefficient (Wildman–Crippen LogP) is 3.82. The molecule has 8 heteroatoms. The highest BCUT2D eigenvalue weighted by atomic mass is 35.5. The van der Waals surface area contributed by atoms with Gasteiger partial charge in [0, 0.05) is 0 Å². The standard InChI is InChI=1S/C13H11Cl2FN2O2S/c1-7-2-4-9(14)13(12(7)15)18-21(19,20)11-5-3-8(16)6-10(11)17/h2-6,18H,17H2,1H3. The second kappa shape index (κ2) is 5.71. The molecule has 0 amide bonds. The van der Waals surface area contributed by atoms with Crippen molar-refractivity contribution in [1.29, 1.82) is 0 Å². The number of benzene rings is 2. The lowest BCUT2D eigenvalue weighted by molar-refractivity contribution is 0.600. The van der Waals surface area contributed by atoms with Crippen LogP contribution in [-0.4, -0.2) is 8.42 Å². The third-order valence-corrected chi connectivity index (χ3v) is 5.01. The number of hydrogen-bond donors (Lipinski definition) is 2. The van der Waals surface area contributed by atoms with E-state index in [-0.39, 0.29) is 26.3 Å². The first-order valence-electron chi connectivity index (χ1n) is 5.75. The van der Waals surface area contributed by atoms with Crippen LogP contribution in [-0.2, 0) is 10.0 Å². The van der Waals surface area contributed by atoms with Crippen LogP contribution in [0.2, 0.25) is 10.0 Å². The lowest BCUT2D eigenvalue weighted by Gasteiger charge is -2.14. The second-order valence-corrected chi connectivity index (χ2v) is 6.78. The highest BCUT2D eigenvalue weighted by molar-refractivity contribution is 7.93. The van der Waals surface area contributed by atoms with Crippen LogP contribution in [0.4, 0.5) is 15.8 Å². The second-order valence-electron chi connectivity index (χ2n) is 4.34. The van der Waals surface area contributed by atoms with Crippen molar-refractivity contribution < 1.29 is 12.8 Å². The molecule has 0 heterocycles. The van der Waals surface area contributed by atoms with Crippen molar-refractivity contribution in [2.75, 3.05) is 10.5 Å². The van der Waals surface area contributed by atoms with Gasteiger partial charge in [0.05, 0.1) is 21.4 Å². The van der Waals surface area contributed by atoms with Crippen molar-refractivity contribution in [1.82, 2.24) is 0 Å². The van der Waals surface area contributed by atoms with Crippen molar-refractivity contribution in [2.45, 2.75) is 11.8 Å². The molecule has 21 heavy (non-hydrogen) atoms. The Balaban J connectivity index is 2.50. The third-order valence-electron chi connectivity index (χ3n) is 2.78. The van der Waals surface area contributed by atoms with Gasteiger partial charge in [0.1, 0.15) is 10.7 Å². The minimum absolute atomic E-state index is 0.0575. The topological polar surface area (TPSA) is 72.2 Å². The molecule has 2 aromatic carbocycles. The number of anilines is 2. The van der Waals surface area contributed by atoms with Gasteiger partial charge in [0.2, 0.25) is 0 Å². The molecular weight excluding hydrogens is 338 g/mol. The van der Waals surface area contributed by atoms with Gasteiger partial charge in [-0.2, -0.15) is 0 Å². The van der Waals surface area contributed by atoms with E-state index >= 15 is 0 Å². The van der Waals surface area contributed by atoms with E-state index in [1.54, 1.807) is 13.0 Å². The molecule has 0 aliphatic rings. The Morgan fingerprint density at radius 3 is 2.48 bits per heavy atom. The van der Waals surface area contributed by atoms with Crippen LogP contribution in [0.1, 0.15) is 5.56 Å². The van der Waals surface area contributed by atoms with E-state index in [0.717, 1.165) is 18.2 Å². The van der Waals surface area contributed by atoms with Gasteiger partial charge < -0.3 is 5.73 Å². The SMILES string of the molecule is Cc1ccc(Cl)c(NS(=O)(=O)c2ccc(F)cc2N)c1Cl. The van der Waals surface area contributed by atoms with Crippen molar-refractivity contribution in [3.05, 3.63) is 51.8 Å². The summed E-state index contributed by atoms with van der Waals surface area (Å²) in [5, 5.41) is 0.335. The van der Waals surface area contributed by atoms with E-state index in [2.05, 4.69) is 4.72 Å². The Morgan fingerprint density at radius 2 is 1.86 bits per heavy atom. The summed E-state index contributed by atoms with van der Waals surface area (Å²) < 4.78 is 39.9. The van der Waals surface area contributed by atoms with E-state index in [1.165, 1.54) is 6.07 Å². The number of nitrogen functional groups attached to an aromatic ring is 1. The lowest BCUT2D eigenvalue weighted by Crippen LogP contribution is -2.15. The maximum atomic E-state index is 13.0. The predicted molar refractivity (Wildman–Crippen MR) is 82.8 cm³/mol. The summed E-state index contributed by atoms with van der Waals surface area (Å²) in [5.41, 5.74) is 6.05. The van der Waals surface area contributed by atoms with Crippen molar-refractivity contribution >= 4 is 44.6 Å². The summed E-state index contributed by atoms with van der Waals surface area (Å²) in [7, 11) is -4.03. The van der Waals surface area contributed by atoms with E-state index in [1.807, 2.05) is 0 Å². The molecule has 0 aromatic heterocycles. The zero-order valence-corrected chi connectivity index (χ0v) is 13.2. The molecule has 112 valence electrons. The monoisotopic (exact) mass is 348 g/mol. The van der Waals surface area contributed by atoms with Gasteiger partial charge in [-0.15, -0.1) is 0 Å². The van der Waals surface area contributed by atoms with Crippen LogP contribution >= 0.6 is 23.2 Å². The summed E-state index contributed by atoms with van der Waals surface area (Å²) in [6.07, 6.45) is 0. The van der Waals surface area contributed by atoms with Gasteiger partial charge >= 0.3 is 0 Å². The van der Waals surface area contributed by atoms with Gasteiger partial charge in [-0.05, 0) is 36.8 Å². The minimum atomic E-state index is -4.03.